The van der Waals surface area contributed by atoms with E-state index in [0.29, 0.717) is 23.8 Å². The second-order valence-corrected chi connectivity index (χ2v) is 12.2. The van der Waals surface area contributed by atoms with Gasteiger partial charge in [0.25, 0.3) is 5.91 Å². The van der Waals surface area contributed by atoms with E-state index in [1.807, 2.05) is 35.2 Å². The van der Waals surface area contributed by atoms with Crippen LogP contribution in [0.25, 0.3) is 11.4 Å². The van der Waals surface area contributed by atoms with E-state index < -0.39 is 29.7 Å². The van der Waals surface area contributed by atoms with E-state index in [2.05, 4.69) is 10.3 Å². The van der Waals surface area contributed by atoms with Crippen molar-refractivity contribution in [3.05, 3.63) is 42.1 Å². The summed E-state index contributed by atoms with van der Waals surface area (Å²) in [5.41, 5.74) is 0.0521. The van der Waals surface area contributed by atoms with Gasteiger partial charge in [0.15, 0.2) is 5.82 Å². The predicted molar refractivity (Wildman–Crippen MR) is 168 cm³/mol. The SMILES string of the molecule is CCOC(=O)ON1CCN(C(=O)[C@H](CCC(=O)OC(C)(C)C)NC(=O)c2cc(N3CCC[C@H]3CO)nc(-c3ccccc3)n2)CC1. The van der Waals surface area contributed by atoms with Crippen molar-refractivity contribution < 1.29 is 38.6 Å². The summed E-state index contributed by atoms with van der Waals surface area (Å²) >= 11 is 0. The van der Waals surface area contributed by atoms with Gasteiger partial charge in [0.1, 0.15) is 23.2 Å². The van der Waals surface area contributed by atoms with Gasteiger partial charge < -0.3 is 34.5 Å². The highest BCUT2D eigenvalue weighted by Crippen LogP contribution is 2.27. The Kier molecular flexibility index (Phi) is 11.9. The number of nitrogens with one attached hydrogen (secondary N) is 1. The number of amides is 2. The first-order valence-electron chi connectivity index (χ1n) is 15.7. The zero-order valence-electron chi connectivity index (χ0n) is 26.9. The van der Waals surface area contributed by atoms with Crippen molar-refractivity contribution in [3.8, 4) is 11.4 Å². The first kappa shape index (κ1) is 34.6. The van der Waals surface area contributed by atoms with Crippen LogP contribution in [-0.2, 0) is 23.9 Å². The molecule has 250 valence electrons. The molecule has 0 unspecified atom stereocenters. The number of hydrogen-bond acceptors (Lipinski definition) is 12. The summed E-state index contributed by atoms with van der Waals surface area (Å²) in [6, 6.07) is 9.61. The summed E-state index contributed by atoms with van der Waals surface area (Å²) < 4.78 is 10.3. The van der Waals surface area contributed by atoms with Gasteiger partial charge in [0.05, 0.1) is 32.3 Å². The average Bonchev–Trinajstić information content (AvgIpc) is 3.52. The monoisotopic (exact) mass is 640 g/mol. The maximum Gasteiger partial charge on any atom is 0.527 e. The molecule has 3 heterocycles. The number of rotatable bonds is 11. The standard InChI is InChI=1S/C32H44N6O8/c1-5-44-31(43)46-37-18-16-36(17-19-37)30(42)24(13-14-27(40)45-32(2,3)4)34-29(41)25-20-26(38-15-9-12-23(38)21-39)35-28(33-25)22-10-7-6-8-11-22/h6-8,10-11,20,23-24,39H,5,9,12-19,21H2,1-4H3,(H,34,41)/t23-,24-/m0/s1. The molecule has 0 bridgehead atoms. The summed E-state index contributed by atoms with van der Waals surface area (Å²) in [5, 5.41) is 14.2. The normalized spacial score (nSPS) is 17.7. The lowest BCUT2D eigenvalue weighted by Crippen LogP contribution is -2.55. The van der Waals surface area contributed by atoms with Crippen LogP contribution >= 0.6 is 0 Å². The van der Waals surface area contributed by atoms with Crippen LogP contribution in [0, 0.1) is 0 Å². The minimum Gasteiger partial charge on any atom is -0.460 e. The molecular weight excluding hydrogens is 596 g/mol. The van der Waals surface area contributed by atoms with Crippen LogP contribution < -0.4 is 10.2 Å². The third kappa shape index (κ3) is 9.60. The molecule has 1 aromatic heterocycles. The zero-order valence-corrected chi connectivity index (χ0v) is 26.9. The number of nitrogens with zero attached hydrogens (tertiary/aromatic N) is 5. The van der Waals surface area contributed by atoms with E-state index in [9.17, 15) is 24.3 Å². The molecule has 14 nitrogen and oxygen atoms in total. The fourth-order valence-corrected chi connectivity index (χ4v) is 5.36. The van der Waals surface area contributed by atoms with Gasteiger partial charge in [-0.15, -0.1) is 5.06 Å². The fraction of sp³-hybridized carbons (Fsp3) is 0.562. The molecule has 0 saturated carbocycles. The smallest absolute Gasteiger partial charge is 0.460 e. The van der Waals surface area contributed by atoms with Crippen LogP contribution in [0.15, 0.2) is 36.4 Å². The Labute approximate surface area is 269 Å². The van der Waals surface area contributed by atoms with Crippen LogP contribution in [0.2, 0.25) is 0 Å². The lowest BCUT2D eigenvalue weighted by molar-refractivity contribution is -0.158. The number of piperazine rings is 1. The van der Waals surface area contributed by atoms with Crippen molar-refractivity contribution in [3.63, 3.8) is 0 Å². The molecule has 2 amide bonds. The summed E-state index contributed by atoms with van der Waals surface area (Å²) in [6.07, 6.45) is 0.749. The number of anilines is 1. The maximum atomic E-state index is 13.8. The first-order valence-corrected chi connectivity index (χ1v) is 15.7. The summed E-state index contributed by atoms with van der Waals surface area (Å²) in [5.74, 6) is -0.643. The predicted octanol–water partition coefficient (Wildman–Crippen LogP) is 2.56. The molecule has 2 aliphatic rings. The molecule has 4 rings (SSSR count). The Morgan fingerprint density at radius 2 is 1.76 bits per heavy atom. The van der Waals surface area contributed by atoms with Gasteiger partial charge in [-0.05, 0) is 47.0 Å². The van der Waals surface area contributed by atoms with E-state index in [0.717, 1.165) is 12.8 Å². The van der Waals surface area contributed by atoms with E-state index >= 15 is 0 Å². The molecule has 14 heteroatoms. The Bertz CT molecular complexity index is 1360. The number of aliphatic hydroxyl groups excluding tert-OH is 1. The minimum atomic E-state index is -1.06. The number of benzene rings is 1. The van der Waals surface area contributed by atoms with E-state index in [4.69, 9.17) is 19.3 Å². The van der Waals surface area contributed by atoms with Gasteiger partial charge >= 0.3 is 12.1 Å². The van der Waals surface area contributed by atoms with Crippen molar-refractivity contribution >= 4 is 29.8 Å². The van der Waals surface area contributed by atoms with Gasteiger partial charge in [-0.25, -0.2) is 14.8 Å². The molecule has 2 fully saturated rings. The molecule has 1 aromatic carbocycles. The summed E-state index contributed by atoms with van der Waals surface area (Å²) in [7, 11) is 0. The number of aliphatic hydroxyl groups is 1. The summed E-state index contributed by atoms with van der Waals surface area (Å²) in [6.45, 7) is 8.68. The van der Waals surface area contributed by atoms with Crippen molar-refractivity contribution in [1.82, 2.24) is 25.2 Å². The van der Waals surface area contributed by atoms with Crippen molar-refractivity contribution in [1.29, 1.82) is 0 Å². The van der Waals surface area contributed by atoms with E-state index in [-0.39, 0.29) is 69.9 Å². The fourth-order valence-electron chi connectivity index (χ4n) is 5.36. The third-order valence-electron chi connectivity index (χ3n) is 7.54. The molecule has 2 aromatic rings. The molecular formula is C32H44N6O8. The second kappa shape index (κ2) is 15.8. The highest BCUT2D eigenvalue weighted by Gasteiger charge is 2.32. The number of hydroxylamine groups is 2. The van der Waals surface area contributed by atoms with Crippen molar-refractivity contribution in [2.75, 3.05) is 50.8 Å². The number of esters is 1. The van der Waals surface area contributed by atoms with Crippen LogP contribution in [0.3, 0.4) is 0 Å². The minimum absolute atomic E-state index is 0.00121. The first-order chi connectivity index (χ1) is 22.0. The molecule has 2 saturated heterocycles. The van der Waals surface area contributed by atoms with E-state index in [1.165, 1.54) is 5.06 Å². The maximum absolute atomic E-state index is 13.8. The number of carbonyl (C=O) groups excluding carboxylic acids is 4. The number of aromatic nitrogens is 2. The largest absolute Gasteiger partial charge is 0.527 e. The number of hydrogen-bond donors (Lipinski definition) is 2. The Balaban J connectivity index is 1.56. The molecule has 2 N–H and O–H groups in total. The van der Waals surface area contributed by atoms with Crippen LogP contribution in [0.4, 0.5) is 10.6 Å². The van der Waals surface area contributed by atoms with Crippen LogP contribution in [0.5, 0.6) is 0 Å². The molecule has 0 aliphatic carbocycles. The Morgan fingerprint density at radius 1 is 1.04 bits per heavy atom. The third-order valence-corrected chi connectivity index (χ3v) is 7.54. The zero-order chi connectivity index (χ0) is 33.3. The number of ether oxygens (including phenoxy) is 2. The summed E-state index contributed by atoms with van der Waals surface area (Å²) in [4.78, 5) is 69.9. The molecule has 2 aliphatic heterocycles. The van der Waals surface area contributed by atoms with Crippen molar-refractivity contribution in [2.24, 2.45) is 0 Å². The Morgan fingerprint density at radius 3 is 2.41 bits per heavy atom. The van der Waals surface area contributed by atoms with Gasteiger partial charge in [-0.2, -0.15) is 0 Å². The van der Waals surface area contributed by atoms with Gasteiger partial charge in [-0.3, -0.25) is 14.4 Å². The second-order valence-electron chi connectivity index (χ2n) is 12.2. The Hall–Kier alpha value is -4.30. The number of carbonyl (C=O) groups is 4. The quantitative estimate of drug-likeness (QED) is 0.346. The lowest BCUT2D eigenvalue weighted by atomic mass is 10.1. The molecule has 0 spiro atoms. The molecule has 46 heavy (non-hydrogen) atoms. The van der Waals surface area contributed by atoms with Crippen LogP contribution in [0.1, 0.15) is 63.9 Å². The molecule has 0 radical (unpaired) electrons. The van der Waals surface area contributed by atoms with Crippen molar-refractivity contribution in [2.45, 2.75) is 71.1 Å². The lowest BCUT2D eigenvalue weighted by Gasteiger charge is -2.35. The van der Waals surface area contributed by atoms with E-state index in [1.54, 1.807) is 38.7 Å². The topological polar surface area (TPSA) is 164 Å². The highest BCUT2D eigenvalue weighted by molar-refractivity contribution is 5.97. The highest BCUT2D eigenvalue weighted by atomic mass is 16.8. The average molecular weight is 641 g/mol. The van der Waals surface area contributed by atoms with Crippen LogP contribution in [-0.4, -0.2) is 113 Å². The van der Waals surface area contributed by atoms with Gasteiger partial charge in [0.2, 0.25) is 5.91 Å². The van der Waals surface area contributed by atoms with Gasteiger partial charge in [0, 0.05) is 37.7 Å². The van der Waals surface area contributed by atoms with Gasteiger partial charge in [-0.1, -0.05) is 30.3 Å². The molecule has 2 atom stereocenters.